The van der Waals surface area contributed by atoms with E-state index < -0.39 is 16.4 Å². The summed E-state index contributed by atoms with van der Waals surface area (Å²) in [6, 6.07) is 10.0. The number of aromatic nitrogens is 4. The van der Waals surface area contributed by atoms with Crippen LogP contribution in [0.1, 0.15) is 11.1 Å². The highest BCUT2D eigenvalue weighted by Gasteiger charge is 2.15. The van der Waals surface area contributed by atoms with E-state index in [0.717, 1.165) is 16.5 Å². The van der Waals surface area contributed by atoms with Gasteiger partial charge in [0.05, 0.1) is 16.7 Å². The molecular weight excluding hydrogens is 350 g/mol. The van der Waals surface area contributed by atoms with Crippen LogP contribution in [0.3, 0.4) is 0 Å². The van der Waals surface area contributed by atoms with E-state index in [9.17, 15) is 15.2 Å². The predicted molar refractivity (Wildman–Crippen MR) is 99.9 cm³/mol. The van der Waals surface area contributed by atoms with Gasteiger partial charge in [0, 0.05) is 17.0 Å². The number of aromatic amines is 1. The number of nitrogens with zero attached hydrogens (tertiary/aromatic N) is 5. The fraction of sp³-hybridized carbons (Fsp3) is 0.0588. The Balaban J connectivity index is 1.62. The van der Waals surface area contributed by atoms with Crippen molar-refractivity contribution in [3.8, 4) is 5.75 Å². The lowest BCUT2D eigenvalue weighted by molar-refractivity contribution is -0.385. The summed E-state index contributed by atoms with van der Waals surface area (Å²) in [6.07, 6.45) is 1.24. The number of nitrogens with one attached hydrogen (secondary N) is 2. The Morgan fingerprint density at radius 1 is 1.26 bits per heavy atom. The van der Waals surface area contributed by atoms with Crippen molar-refractivity contribution in [2.45, 2.75) is 6.92 Å². The first-order valence-electron chi connectivity index (χ1n) is 7.92. The van der Waals surface area contributed by atoms with Gasteiger partial charge in [-0.05, 0) is 18.6 Å². The maximum Gasteiger partial charge on any atom is 0.311 e. The van der Waals surface area contributed by atoms with Crippen molar-refractivity contribution in [3.63, 3.8) is 0 Å². The SMILES string of the molecule is Cc1cccc2c1[nH]c1nc(N/N=C/c3cccc([N+](=O)[O-])c3O)nnc12. The number of hydrogen-bond donors (Lipinski definition) is 3. The number of para-hydroxylation sites is 2. The Hall–Kier alpha value is -4.08. The molecule has 0 radical (unpaired) electrons. The number of fused-ring (bicyclic) bond motifs is 3. The fourth-order valence-electron chi connectivity index (χ4n) is 2.75. The summed E-state index contributed by atoms with van der Waals surface area (Å²) in [5.41, 5.74) is 5.62. The number of aromatic hydroxyl groups is 1. The summed E-state index contributed by atoms with van der Waals surface area (Å²) in [6.45, 7) is 1.99. The molecule has 0 atom stereocenters. The summed E-state index contributed by atoms with van der Waals surface area (Å²) in [5, 5.41) is 33.7. The smallest absolute Gasteiger partial charge is 0.311 e. The molecule has 0 aliphatic rings. The molecule has 0 fully saturated rings. The van der Waals surface area contributed by atoms with Gasteiger partial charge >= 0.3 is 5.69 Å². The van der Waals surface area contributed by atoms with Gasteiger partial charge in [0.1, 0.15) is 5.52 Å². The van der Waals surface area contributed by atoms with E-state index in [2.05, 4.69) is 30.7 Å². The topological polar surface area (TPSA) is 142 Å². The van der Waals surface area contributed by atoms with Gasteiger partial charge in [-0.25, -0.2) is 5.43 Å². The zero-order chi connectivity index (χ0) is 19.0. The monoisotopic (exact) mass is 363 g/mol. The molecule has 4 aromatic rings. The number of hydrogen-bond acceptors (Lipinski definition) is 8. The first kappa shape index (κ1) is 16.4. The van der Waals surface area contributed by atoms with Gasteiger partial charge in [0.15, 0.2) is 5.65 Å². The normalized spacial score (nSPS) is 11.4. The van der Waals surface area contributed by atoms with Crippen molar-refractivity contribution < 1.29 is 10.0 Å². The molecule has 10 heteroatoms. The third kappa shape index (κ3) is 2.88. The molecule has 2 aromatic heterocycles. The predicted octanol–water partition coefficient (Wildman–Crippen LogP) is 2.87. The minimum atomic E-state index is -0.668. The Morgan fingerprint density at radius 2 is 2.07 bits per heavy atom. The van der Waals surface area contributed by atoms with Gasteiger partial charge in [-0.3, -0.25) is 10.1 Å². The second kappa shape index (κ2) is 6.33. The van der Waals surface area contributed by atoms with Gasteiger partial charge in [-0.1, -0.05) is 24.3 Å². The number of nitro benzene ring substituents is 1. The van der Waals surface area contributed by atoms with E-state index in [1.54, 1.807) is 0 Å². The largest absolute Gasteiger partial charge is 0.502 e. The van der Waals surface area contributed by atoms with Crippen LogP contribution >= 0.6 is 0 Å². The number of H-pyrrole nitrogens is 1. The van der Waals surface area contributed by atoms with E-state index in [-0.39, 0.29) is 11.5 Å². The molecular formula is C17H13N7O3. The molecule has 134 valence electrons. The second-order valence-corrected chi connectivity index (χ2v) is 5.80. The number of phenolic OH excluding ortho intramolecular Hbond substituents is 1. The van der Waals surface area contributed by atoms with E-state index in [0.29, 0.717) is 11.2 Å². The lowest BCUT2D eigenvalue weighted by atomic mass is 10.1. The maximum atomic E-state index is 10.8. The van der Waals surface area contributed by atoms with Crippen LogP contribution in [0.15, 0.2) is 41.5 Å². The number of benzene rings is 2. The Morgan fingerprint density at radius 3 is 2.89 bits per heavy atom. The standard InChI is InChI=1S/C17H13N7O3/c1-9-4-2-6-11-13(9)19-16-14(11)21-23-17(20-16)22-18-8-10-5-3-7-12(15(10)25)24(26)27/h2-8,25H,1H3,(H2,19,20,22,23)/b18-8+. The number of hydrazone groups is 1. The van der Waals surface area contributed by atoms with E-state index >= 15 is 0 Å². The molecule has 10 nitrogen and oxygen atoms in total. The minimum Gasteiger partial charge on any atom is -0.502 e. The van der Waals surface area contributed by atoms with Crippen LogP contribution in [-0.4, -0.2) is 36.4 Å². The molecule has 4 rings (SSSR count). The highest BCUT2D eigenvalue weighted by atomic mass is 16.6. The van der Waals surface area contributed by atoms with Gasteiger partial charge in [-0.15, -0.1) is 10.2 Å². The highest BCUT2D eigenvalue weighted by molar-refractivity contribution is 6.04. The quantitative estimate of drug-likeness (QED) is 0.287. The number of anilines is 1. The Labute approximate surface area is 151 Å². The molecule has 0 unspecified atom stereocenters. The highest BCUT2D eigenvalue weighted by Crippen LogP contribution is 2.28. The van der Waals surface area contributed by atoms with Crippen molar-refractivity contribution in [1.29, 1.82) is 0 Å². The zero-order valence-electron chi connectivity index (χ0n) is 14.0. The first-order chi connectivity index (χ1) is 13.0. The van der Waals surface area contributed by atoms with Crippen LogP contribution < -0.4 is 5.43 Å². The molecule has 0 saturated heterocycles. The molecule has 2 aromatic carbocycles. The van der Waals surface area contributed by atoms with Crippen LogP contribution in [0.25, 0.3) is 22.1 Å². The third-order valence-corrected chi connectivity index (χ3v) is 4.07. The lowest BCUT2D eigenvalue weighted by Gasteiger charge is -2.00. The molecule has 0 bridgehead atoms. The van der Waals surface area contributed by atoms with Crippen molar-refractivity contribution in [3.05, 3.63) is 57.6 Å². The van der Waals surface area contributed by atoms with Crippen LogP contribution in [0.5, 0.6) is 5.75 Å². The van der Waals surface area contributed by atoms with Crippen LogP contribution in [-0.2, 0) is 0 Å². The fourth-order valence-corrected chi connectivity index (χ4v) is 2.75. The summed E-state index contributed by atoms with van der Waals surface area (Å²) in [5.74, 6) is -0.318. The molecule has 27 heavy (non-hydrogen) atoms. The average molecular weight is 363 g/mol. The summed E-state index contributed by atoms with van der Waals surface area (Å²) >= 11 is 0. The van der Waals surface area contributed by atoms with E-state index in [1.165, 1.54) is 24.4 Å². The summed E-state index contributed by atoms with van der Waals surface area (Å²) < 4.78 is 0. The first-order valence-corrected chi connectivity index (χ1v) is 7.92. The van der Waals surface area contributed by atoms with E-state index in [4.69, 9.17) is 0 Å². The van der Waals surface area contributed by atoms with Crippen LogP contribution in [0.4, 0.5) is 11.6 Å². The molecule has 0 amide bonds. The Bertz CT molecular complexity index is 1220. The lowest BCUT2D eigenvalue weighted by Crippen LogP contribution is -1.99. The average Bonchev–Trinajstić information content (AvgIpc) is 3.02. The molecule has 0 aliphatic heterocycles. The van der Waals surface area contributed by atoms with Gasteiger partial charge in [0.25, 0.3) is 5.95 Å². The van der Waals surface area contributed by atoms with Gasteiger partial charge in [0.2, 0.25) is 5.75 Å². The Kier molecular flexibility index (Phi) is 3.84. The van der Waals surface area contributed by atoms with Crippen molar-refractivity contribution in [2.75, 3.05) is 5.43 Å². The van der Waals surface area contributed by atoms with Gasteiger partial charge < -0.3 is 10.1 Å². The second-order valence-electron chi connectivity index (χ2n) is 5.80. The third-order valence-electron chi connectivity index (χ3n) is 4.07. The molecule has 0 saturated carbocycles. The number of nitro groups is 1. The van der Waals surface area contributed by atoms with Crippen LogP contribution in [0.2, 0.25) is 0 Å². The molecule has 0 aliphatic carbocycles. The van der Waals surface area contributed by atoms with Crippen molar-refractivity contribution >= 4 is 39.9 Å². The number of phenols is 1. The minimum absolute atomic E-state index is 0.146. The summed E-state index contributed by atoms with van der Waals surface area (Å²) in [4.78, 5) is 17.7. The van der Waals surface area contributed by atoms with E-state index in [1.807, 2.05) is 25.1 Å². The number of rotatable bonds is 4. The molecule has 3 N–H and O–H groups in total. The van der Waals surface area contributed by atoms with Crippen LogP contribution in [0, 0.1) is 17.0 Å². The van der Waals surface area contributed by atoms with Gasteiger partial charge in [-0.2, -0.15) is 10.1 Å². The van der Waals surface area contributed by atoms with Crippen molar-refractivity contribution in [2.24, 2.45) is 5.10 Å². The zero-order valence-corrected chi connectivity index (χ0v) is 14.0. The maximum absolute atomic E-state index is 10.8. The number of aryl methyl sites for hydroxylation is 1. The van der Waals surface area contributed by atoms with Crippen molar-refractivity contribution in [1.82, 2.24) is 20.2 Å². The summed E-state index contributed by atoms with van der Waals surface area (Å²) in [7, 11) is 0. The molecule has 0 spiro atoms. The molecule has 2 heterocycles.